The van der Waals surface area contributed by atoms with Crippen molar-refractivity contribution in [2.24, 2.45) is 10.7 Å². The molecule has 1 atom stereocenters. The molecule has 6 nitrogen and oxygen atoms in total. The normalized spacial score (nSPS) is 22.7. The van der Waals surface area contributed by atoms with Gasteiger partial charge < -0.3 is 11.1 Å². The number of benzene rings is 1. The predicted molar refractivity (Wildman–Crippen MR) is 119 cm³/mol. The van der Waals surface area contributed by atoms with Gasteiger partial charge in [0.05, 0.1) is 20.5 Å². The van der Waals surface area contributed by atoms with E-state index in [1.165, 1.54) is 19.9 Å². The number of hydrogen-bond acceptors (Lipinski definition) is 6. The molecule has 10 heteroatoms. The van der Waals surface area contributed by atoms with Gasteiger partial charge in [-0.25, -0.2) is 8.42 Å². The molecule has 29 heavy (non-hydrogen) atoms. The smallest absolute Gasteiger partial charge is 0.261 e. The first-order valence-corrected chi connectivity index (χ1v) is 12.0. The highest BCUT2D eigenvalue weighted by atomic mass is 35.5. The lowest BCUT2D eigenvalue weighted by atomic mass is 10.0. The number of aliphatic imine (C=N–C) groups is 1. The van der Waals surface area contributed by atoms with Crippen molar-refractivity contribution in [1.82, 2.24) is 5.32 Å². The summed E-state index contributed by atoms with van der Waals surface area (Å²) in [5, 5.41) is 3.69. The zero-order valence-electron chi connectivity index (χ0n) is 16.1. The predicted octanol–water partition coefficient (Wildman–Crippen LogP) is 3.76. The third kappa shape index (κ3) is 4.17. The Morgan fingerprint density at radius 3 is 2.59 bits per heavy atom. The van der Waals surface area contributed by atoms with Crippen molar-refractivity contribution in [2.45, 2.75) is 37.6 Å². The van der Waals surface area contributed by atoms with Crippen LogP contribution in [0.4, 0.5) is 0 Å². The molecule has 0 aliphatic carbocycles. The van der Waals surface area contributed by atoms with Gasteiger partial charge in [-0.15, -0.1) is 11.3 Å². The van der Waals surface area contributed by atoms with E-state index in [0.717, 1.165) is 16.9 Å². The second-order valence-electron chi connectivity index (χ2n) is 7.64. The summed E-state index contributed by atoms with van der Waals surface area (Å²) in [5.74, 6) is -0.525. The summed E-state index contributed by atoms with van der Waals surface area (Å²) in [6.07, 6.45) is 0. The molecule has 1 aliphatic rings. The molecule has 156 valence electrons. The summed E-state index contributed by atoms with van der Waals surface area (Å²) in [4.78, 5) is 17.9. The molecule has 0 saturated heterocycles. The molecular formula is C19H21Cl2N3O3S2. The van der Waals surface area contributed by atoms with E-state index in [2.05, 4.69) is 10.3 Å². The Hall–Kier alpha value is -1.61. The Labute approximate surface area is 184 Å². The molecule has 1 aromatic carbocycles. The van der Waals surface area contributed by atoms with Gasteiger partial charge >= 0.3 is 0 Å². The molecule has 3 N–H and O–H groups in total. The highest BCUT2D eigenvalue weighted by molar-refractivity contribution is 7.93. The molecular weight excluding hydrogens is 453 g/mol. The van der Waals surface area contributed by atoms with E-state index in [9.17, 15) is 13.2 Å². The van der Waals surface area contributed by atoms with Crippen LogP contribution in [0.1, 0.15) is 40.9 Å². The van der Waals surface area contributed by atoms with Crippen molar-refractivity contribution < 1.29 is 13.2 Å². The maximum absolute atomic E-state index is 12.8. The van der Waals surface area contributed by atoms with Crippen LogP contribution in [-0.4, -0.2) is 30.7 Å². The van der Waals surface area contributed by atoms with Crippen LogP contribution in [-0.2, 0) is 21.9 Å². The monoisotopic (exact) mass is 473 g/mol. The van der Waals surface area contributed by atoms with E-state index < -0.39 is 20.1 Å². The van der Waals surface area contributed by atoms with Gasteiger partial charge in [0.2, 0.25) is 0 Å². The third-order valence-corrected chi connectivity index (χ3v) is 9.71. The Balaban J connectivity index is 1.86. The Bertz CT molecular complexity index is 1110. The highest BCUT2D eigenvalue weighted by Gasteiger charge is 2.49. The molecule has 1 aromatic heterocycles. The minimum atomic E-state index is -3.56. The average molecular weight is 474 g/mol. The van der Waals surface area contributed by atoms with Crippen molar-refractivity contribution in [2.75, 3.05) is 5.75 Å². The Morgan fingerprint density at radius 2 is 1.97 bits per heavy atom. The van der Waals surface area contributed by atoms with Crippen LogP contribution >= 0.6 is 34.5 Å². The van der Waals surface area contributed by atoms with Gasteiger partial charge in [0.25, 0.3) is 5.91 Å². The molecule has 0 fully saturated rings. The van der Waals surface area contributed by atoms with Crippen LogP contribution < -0.4 is 11.1 Å². The fourth-order valence-electron chi connectivity index (χ4n) is 3.02. The largest absolute Gasteiger partial charge is 0.386 e. The zero-order chi connectivity index (χ0) is 21.6. The Morgan fingerprint density at radius 1 is 1.28 bits per heavy atom. The van der Waals surface area contributed by atoms with E-state index in [1.807, 2.05) is 6.07 Å². The van der Waals surface area contributed by atoms with Crippen LogP contribution in [0, 0.1) is 0 Å². The standard InChI is InChI=1S/C19H21Cl2N3O3S2/c1-18(2)17(22)24-19(3,10-29(18,26)27)15-13(21)8-14(28-15)16(25)23-9-11-5-4-6-12(20)7-11/h4-8H,9-10H2,1-3H3,(H2,22,24)(H,23,25). The van der Waals surface area contributed by atoms with E-state index in [4.69, 9.17) is 28.9 Å². The minimum Gasteiger partial charge on any atom is -0.386 e. The van der Waals surface area contributed by atoms with Gasteiger partial charge in [0, 0.05) is 11.6 Å². The topological polar surface area (TPSA) is 102 Å². The summed E-state index contributed by atoms with van der Waals surface area (Å²) in [5.41, 5.74) is 5.70. The number of sulfone groups is 1. The van der Waals surface area contributed by atoms with Gasteiger partial charge in [-0.1, -0.05) is 35.3 Å². The number of nitrogens with two attached hydrogens (primary N) is 1. The van der Waals surface area contributed by atoms with Gasteiger partial charge in [-0.05, 0) is 44.5 Å². The third-order valence-electron chi connectivity index (χ3n) is 4.97. The molecule has 2 heterocycles. The molecule has 0 saturated carbocycles. The van der Waals surface area contributed by atoms with Crippen molar-refractivity contribution in [3.63, 3.8) is 0 Å². The first-order valence-electron chi connectivity index (χ1n) is 8.76. The summed E-state index contributed by atoms with van der Waals surface area (Å²) in [7, 11) is -3.56. The van der Waals surface area contributed by atoms with Gasteiger partial charge in [0.15, 0.2) is 9.84 Å². The number of nitrogens with one attached hydrogen (secondary N) is 1. The molecule has 0 spiro atoms. The molecule has 0 bridgehead atoms. The number of thiophene rings is 1. The lowest BCUT2D eigenvalue weighted by molar-refractivity contribution is 0.0955. The number of amidine groups is 1. The maximum atomic E-state index is 12.8. The second-order valence-corrected chi connectivity index (χ2v) is 12.1. The number of rotatable bonds is 4. The van der Waals surface area contributed by atoms with E-state index in [0.29, 0.717) is 21.3 Å². The summed E-state index contributed by atoms with van der Waals surface area (Å²) < 4.78 is 24.3. The van der Waals surface area contributed by atoms with Gasteiger partial charge in [-0.2, -0.15) is 0 Å². The highest BCUT2D eigenvalue weighted by Crippen LogP contribution is 2.43. The van der Waals surface area contributed by atoms with Crippen LogP contribution in [0.25, 0.3) is 0 Å². The summed E-state index contributed by atoms with van der Waals surface area (Å²) in [6, 6.07) is 8.70. The number of carbonyl (C=O) groups excluding carboxylic acids is 1. The maximum Gasteiger partial charge on any atom is 0.261 e. The van der Waals surface area contributed by atoms with Crippen molar-refractivity contribution in [3.05, 3.63) is 55.7 Å². The second kappa shape index (κ2) is 7.58. The Kier molecular flexibility index (Phi) is 5.77. The molecule has 0 radical (unpaired) electrons. The first-order chi connectivity index (χ1) is 13.4. The van der Waals surface area contributed by atoms with Crippen molar-refractivity contribution in [1.29, 1.82) is 0 Å². The number of nitrogens with zero attached hydrogens (tertiary/aromatic N) is 1. The molecule has 1 unspecified atom stereocenters. The fraction of sp³-hybridized carbons (Fsp3) is 0.368. The SMILES string of the molecule is CC1(c2sc(C(=O)NCc3cccc(Cl)c3)cc2Cl)CS(=O)(=O)C(C)(C)C(N)=N1. The number of hydrogen-bond donors (Lipinski definition) is 2. The lowest BCUT2D eigenvalue weighted by Gasteiger charge is -2.37. The molecule has 1 amide bonds. The average Bonchev–Trinajstić information content (AvgIpc) is 3.00. The zero-order valence-corrected chi connectivity index (χ0v) is 19.3. The molecule has 1 aliphatic heterocycles. The quantitative estimate of drug-likeness (QED) is 0.705. The van der Waals surface area contributed by atoms with E-state index >= 15 is 0 Å². The van der Waals surface area contributed by atoms with Crippen molar-refractivity contribution in [3.8, 4) is 0 Å². The summed E-state index contributed by atoms with van der Waals surface area (Å²) >= 11 is 13.4. The van der Waals surface area contributed by atoms with Gasteiger partial charge in [0.1, 0.15) is 16.1 Å². The minimum absolute atomic E-state index is 0.0303. The van der Waals surface area contributed by atoms with Crippen molar-refractivity contribution >= 4 is 56.1 Å². The first kappa shape index (κ1) is 22.1. The fourth-order valence-corrected chi connectivity index (χ4v) is 6.55. The van der Waals surface area contributed by atoms with Crippen LogP contribution in [0.2, 0.25) is 10.0 Å². The van der Waals surface area contributed by atoms with Crippen LogP contribution in [0.5, 0.6) is 0 Å². The molecule has 2 aromatic rings. The number of amides is 1. The molecule has 3 rings (SSSR count). The van der Waals surface area contributed by atoms with Crippen LogP contribution in [0.15, 0.2) is 35.3 Å². The van der Waals surface area contributed by atoms with Crippen LogP contribution in [0.3, 0.4) is 0 Å². The number of carbonyl (C=O) groups is 1. The van der Waals surface area contributed by atoms with E-state index in [1.54, 1.807) is 25.1 Å². The number of halogens is 2. The summed E-state index contributed by atoms with van der Waals surface area (Å²) in [6.45, 7) is 5.03. The van der Waals surface area contributed by atoms with Gasteiger partial charge in [-0.3, -0.25) is 9.79 Å². The van der Waals surface area contributed by atoms with E-state index in [-0.39, 0.29) is 22.5 Å². The lowest BCUT2D eigenvalue weighted by Crippen LogP contribution is -2.54.